The molecule has 11 heteroatoms. The van der Waals surface area contributed by atoms with Crippen LogP contribution in [0.1, 0.15) is 35.4 Å². The normalized spacial score (nSPS) is 19.0. The molecule has 0 unspecified atom stereocenters. The van der Waals surface area contributed by atoms with Gasteiger partial charge in [0.25, 0.3) is 0 Å². The SMILES string of the molecule is CN1CC(=O)N2[C@@H](CC(=O)O)C(=O)N(CCC(c3ccccc3)c3ccccc3)C[C@@H]2N1C(=O)NCc1ccc(F)cc1. The number of carboxylic acid groups (broad SMARTS) is 1. The number of fused-ring (bicyclic) bond motifs is 1. The lowest BCUT2D eigenvalue weighted by molar-refractivity contribution is -0.188. The first-order valence-electron chi connectivity index (χ1n) is 14.2. The van der Waals surface area contributed by atoms with Crippen molar-refractivity contribution in [3.63, 3.8) is 0 Å². The topological polar surface area (TPSA) is 114 Å². The third kappa shape index (κ3) is 6.67. The van der Waals surface area contributed by atoms with Gasteiger partial charge in [0.2, 0.25) is 11.8 Å². The molecule has 0 radical (unpaired) electrons. The van der Waals surface area contributed by atoms with Gasteiger partial charge in [0.05, 0.1) is 19.5 Å². The molecule has 0 saturated carbocycles. The first kappa shape index (κ1) is 29.7. The van der Waals surface area contributed by atoms with Crippen LogP contribution in [0.25, 0.3) is 0 Å². The second-order valence-corrected chi connectivity index (χ2v) is 10.8. The Bertz CT molecular complexity index is 1420. The maximum atomic E-state index is 13.7. The standard InChI is InChI=1S/C32H34FN5O5/c1-35-21-29(39)37-27(18-30(40)41)31(42)36(17-16-26(23-8-4-2-5-9-23)24-10-6-3-7-11-24)20-28(37)38(35)32(43)34-19-22-12-14-25(33)15-13-22/h2-15,26-28H,16-21H2,1H3,(H,34,43)(H,40,41)/t27-,28-/m0/s1. The molecule has 0 aromatic heterocycles. The number of rotatable bonds is 9. The number of likely N-dealkylation sites (N-methyl/N-ethyl adjacent to an activating group) is 1. The molecule has 4 amide bonds. The second kappa shape index (κ2) is 13.0. The molecule has 2 heterocycles. The fourth-order valence-corrected chi connectivity index (χ4v) is 5.91. The molecular weight excluding hydrogens is 553 g/mol. The Balaban J connectivity index is 1.40. The fourth-order valence-electron chi connectivity index (χ4n) is 5.91. The number of nitrogens with one attached hydrogen (secondary N) is 1. The Labute approximate surface area is 249 Å². The maximum Gasteiger partial charge on any atom is 0.334 e. The van der Waals surface area contributed by atoms with E-state index in [0.29, 0.717) is 12.0 Å². The minimum Gasteiger partial charge on any atom is -0.481 e. The van der Waals surface area contributed by atoms with Crippen molar-refractivity contribution in [1.29, 1.82) is 0 Å². The van der Waals surface area contributed by atoms with Gasteiger partial charge in [0, 0.05) is 26.1 Å². The number of benzene rings is 3. The molecule has 43 heavy (non-hydrogen) atoms. The molecule has 0 bridgehead atoms. The average Bonchev–Trinajstić information content (AvgIpc) is 2.99. The van der Waals surface area contributed by atoms with Crippen molar-refractivity contribution in [1.82, 2.24) is 25.1 Å². The second-order valence-electron chi connectivity index (χ2n) is 10.8. The Kier molecular flexibility index (Phi) is 9.01. The van der Waals surface area contributed by atoms with Crippen LogP contribution in [0.2, 0.25) is 0 Å². The van der Waals surface area contributed by atoms with Gasteiger partial charge in [0.1, 0.15) is 18.0 Å². The number of amides is 4. The number of aliphatic carboxylic acids is 1. The molecule has 2 N–H and O–H groups in total. The van der Waals surface area contributed by atoms with Gasteiger partial charge in [-0.3, -0.25) is 14.4 Å². The minimum absolute atomic E-state index is 0.0191. The molecular formula is C32H34FN5O5. The first-order valence-corrected chi connectivity index (χ1v) is 14.2. The lowest BCUT2D eigenvalue weighted by Gasteiger charge is -2.54. The van der Waals surface area contributed by atoms with Crippen LogP contribution in [0.15, 0.2) is 84.9 Å². The third-order valence-electron chi connectivity index (χ3n) is 7.96. The van der Waals surface area contributed by atoms with E-state index in [-0.39, 0.29) is 32.1 Å². The molecule has 0 aliphatic carbocycles. The van der Waals surface area contributed by atoms with Crippen LogP contribution in [-0.4, -0.2) is 87.6 Å². The van der Waals surface area contributed by atoms with Crippen molar-refractivity contribution >= 4 is 23.8 Å². The zero-order valence-corrected chi connectivity index (χ0v) is 23.8. The number of hydrogen-bond donors (Lipinski definition) is 2. The highest BCUT2D eigenvalue weighted by molar-refractivity contribution is 5.93. The van der Waals surface area contributed by atoms with Crippen molar-refractivity contribution in [2.24, 2.45) is 0 Å². The van der Waals surface area contributed by atoms with Crippen molar-refractivity contribution in [2.75, 3.05) is 26.7 Å². The monoisotopic (exact) mass is 587 g/mol. The summed E-state index contributed by atoms with van der Waals surface area (Å²) in [4.78, 5) is 55.2. The molecule has 224 valence electrons. The van der Waals surface area contributed by atoms with E-state index in [2.05, 4.69) is 5.32 Å². The molecule has 2 aliphatic heterocycles. The number of carboxylic acids is 1. The Hall–Kier alpha value is -4.77. The summed E-state index contributed by atoms with van der Waals surface area (Å²) in [5.41, 5.74) is 2.84. The minimum atomic E-state index is -1.25. The van der Waals surface area contributed by atoms with E-state index < -0.39 is 48.3 Å². The number of carbonyl (C=O) groups excluding carboxylic acids is 3. The van der Waals surface area contributed by atoms with Crippen molar-refractivity contribution in [3.05, 3.63) is 107 Å². The van der Waals surface area contributed by atoms with Crippen LogP contribution in [0, 0.1) is 5.82 Å². The van der Waals surface area contributed by atoms with E-state index in [0.717, 1.165) is 11.1 Å². The molecule has 2 aliphatic rings. The Morgan fingerprint density at radius 3 is 2.14 bits per heavy atom. The number of nitrogens with zero attached hydrogens (tertiary/aromatic N) is 4. The Morgan fingerprint density at radius 2 is 1.56 bits per heavy atom. The molecule has 5 rings (SSSR count). The van der Waals surface area contributed by atoms with E-state index >= 15 is 0 Å². The predicted molar refractivity (Wildman–Crippen MR) is 156 cm³/mol. The number of hydrogen-bond acceptors (Lipinski definition) is 5. The van der Waals surface area contributed by atoms with E-state index in [1.165, 1.54) is 27.1 Å². The van der Waals surface area contributed by atoms with Crippen molar-refractivity contribution in [2.45, 2.75) is 37.5 Å². The highest BCUT2D eigenvalue weighted by Gasteiger charge is 2.51. The van der Waals surface area contributed by atoms with Gasteiger partial charge in [-0.25, -0.2) is 19.2 Å². The van der Waals surface area contributed by atoms with Gasteiger partial charge in [-0.1, -0.05) is 72.8 Å². The van der Waals surface area contributed by atoms with Crippen LogP contribution in [0.5, 0.6) is 0 Å². The van der Waals surface area contributed by atoms with Gasteiger partial charge >= 0.3 is 12.0 Å². The smallest absolute Gasteiger partial charge is 0.334 e. The van der Waals surface area contributed by atoms with E-state index in [1.54, 1.807) is 24.1 Å². The zero-order valence-electron chi connectivity index (χ0n) is 23.8. The van der Waals surface area contributed by atoms with Gasteiger partial charge in [0.15, 0.2) is 0 Å². The molecule has 2 atom stereocenters. The zero-order chi connectivity index (χ0) is 30.5. The van der Waals surface area contributed by atoms with Gasteiger partial charge in [-0.2, -0.15) is 0 Å². The summed E-state index contributed by atoms with van der Waals surface area (Å²) >= 11 is 0. The van der Waals surface area contributed by atoms with Gasteiger partial charge in [-0.05, 0) is 35.2 Å². The van der Waals surface area contributed by atoms with E-state index in [1.807, 2.05) is 60.7 Å². The number of halogens is 1. The molecule has 2 saturated heterocycles. The fraction of sp³-hybridized carbons (Fsp3) is 0.312. The molecule has 3 aromatic carbocycles. The van der Waals surface area contributed by atoms with Gasteiger partial charge < -0.3 is 20.2 Å². The molecule has 3 aromatic rings. The van der Waals surface area contributed by atoms with Crippen LogP contribution < -0.4 is 5.32 Å². The lowest BCUT2D eigenvalue weighted by Crippen LogP contribution is -2.76. The summed E-state index contributed by atoms with van der Waals surface area (Å²) in [5, 5.41) is 15.3. The number of carbonyl (C=O) groups is 4. The van der Waals surface area contributed by atoms with Crippen molar-refractivity contribution in [3.8, 4) is 0 Å². The lowest BCUT2D eigenvalue weighted by atomic mass is 9.88. The summed E-state index contributed by atoms with van der Waals surface area (Å²) in [7, 11) is 1.60. The van der Waals surface area contributed by atoms with Crippen LogP contribution in [0.3, 0.4) is 0 Å². The molecule has 2 fully saturated rings. The van der Waals surface area contributed by atoms with E-state index in [4.69, 9.17) is 0 Å². The van der Waals surface area contributed by atoms with Crippen LogP contribution in [0.4, 0.5) is 9.18 Å². The molecule has 0 spiro atoms. The summed E-state index contributed by atoms with van der Waals surface area (Å²) in [5.74, 6) is -2.52. The average molecular weight is 588 g/mol. The Morgan fingerprint density at radius 1 is 0.953 bits per heavy atom. The van der Waals surface area contributed by atoms with Crippen LogP contribution >= 0.6 is 0 Å². The van der Waals surface area contributed by atoms with Crippen LogP contribution in [-0.2, 0) is 20.9 Å². The molecule has 10 nitrogen and oxygen atoms in total. The number of urea groups is 1. The van der Waals surface area contributed by atoms with Gasteiger partial charge in [-0.15, -0.1) is 0 Å². The van der Waals surface area contributed by atoms with Crippen molar-refractivity contribution < 1.29 is 28.7 Å². The third-order valence-corrected chi connectivity index (χ3v) is 7.96. The number of hydrazine groups is 1. The van der Waals surface area contributed by atoms with E-state index in [9.17, 15) is 28.7 Å². The predicted octanol–water partition coefficient (Wildman–Crippen LogP) is 3.26. The largest absolute Gasteiger partial charge is 0.481 e. The highest BCUT2D eigenvalue weighted by atomic mass is 19.1. The highest BCUT2D eigenvalue weighted by Crippen LogP contribution is 2.31. The number of piperazine rings is 1. The summed E-state index contributed by atoms with van der Waals surface area (Å²) < 4.78 is 13.3. The maximum absolute atomic E-state index is 13.7. The summed E-state index contributed by atoms with van der Waals surface area (Å²) in [6, 6.07) is 23.8. The first-order chi connectivity index (χ1) is 20.7. The quantitative estimate of drug-likeness (QED) is 0.398. The summed E-state index contributed by atoms with van der Waals surface area (Å²) in [6.07, 6.45) is -0.937. The summed E-state index contributed by atoms with van der Waals surface area (Å²) in [6.45, 7) is 0.219.